The first kappa shape index (κ1) is 16.5. The first-order valence-electron chi connectivity index (χ1n) is 8.11. The molecular weight excluding hydrogens is 316 g/mol. The molecule has 0 saturated heterocycles. The highest BCUT2D eigenvalue weighted by Crippen LogP contribution is 2.33. The van der Waals surface area contributed by atoms with Crippen molar-refractivity contribution in [1.29, 1.82) is 0 Å². The van der Waals surface area contributed by atoms with Crippen molar-refractivity contribution in [3.05, 3.63) is 77.9 Å². The average molecular weight is 339 g/mol. The summed E-state index contributed by atoms with van der Waals surface area (Å²) in [7, 11) is 0. The van der Waals surface area contributed by atoms with Gasteiger partial charge in [0.05, 0.1) is 0 Å². The second-order valence-electron chi connectivity index (χ2n) is 5.77. The maximum absolute atomic E-state index is 2.37. The Morgan fingerprint density at radius 3 is 2.09 bits per heavy atom. The van der Waals surface area contributed by atoms with Crippen molar-refractivity contribution in [2.24, 2.45) is 0 Å². The van der Waals surface area contributed by atoms with Crippen molar-refractivity contribution < 1.29 is 0 Å². The van der Waals surface area contributed by atoms with Gasteiger partial charge >= 0.3 is 0 Å². The molecule has 1 aliphatic carbocycles. The lowest BCUT2D eigenvalue weighted by Crippen LogP contribution is -2.00. The van der Waals surface area contributed by atoms with Crippen molar-refractivity contribution in [2.75, 3.05) is 0 Å². The Labute approximate surface area is 148 Å². The van der Waals surface area contributed by atoms with Crippen LogP contribution in [0.15, 0.2) is 87.0 Å². The summed E-state index contributed by atoms with van der Waals surface area (Å²) >= 11 is 3.77. The van der Waals surface area contributed by atoms with Gasteiger partial charge in [-0.2, -0.15) is 0 Å². The van der Waals surface area contributed by atoms with Crippen LogP contribution in [-0.2, 0) is 0 Å². The lowest BCUT2D eigenvalue weighted by molar-refractivity contribution is 0.997. The van der Waals surface area contributed by atoms with E-state index in [1.807, 2.05) is 23.5 Å². The maximum atomic E-state index is 2.37. The first-order valence-corrected chi connectivity index (χ1v) is 9.81. The molecule has 2 heteroatoms. The van der Waals surface area contributed by atoms with E-state index in [1.165, 1.54) is 25.8 Å². The predicted octanol–water partition coefficient (Wildman–Crippen LogP) is 6.90. The van der Waals surface area contributed by atoms with Crippen LogP contribution in [0.4, 0.5) is 0 Å². The van der Waals surface area contributed by atoms with Gasteiger partial charge in [0.1, 0.15) is 0 Å². The number of benzene rings is 2. The highest BCUT2D eigenvalue weighted by atomic mass is 32.2. The smallest absolute Gasteiger partial charge is 0.0312 e. The molecule has 23 heavy (non-hydrogen) atoms. The van der Waals surface area contributed by atoms with Gasteiger partial charge in [-0.15, -0.1) is 11.8 Å². The number of hydrogen-bond donors (Lipinski definition) is 0. The Morgan fingerprint density at radius 2 is 1.52 bits per heavy atom. The third kappa shape index (κ3) is 4.79. The van der Waals surface area contributed by atoms with Crippen LogP contribution in [0.5, 0.6) is 0 Å². The standard InChI is InChI=1S/C21H22S2/c1-3-17-6-10-19(11-7-17)23-21-14-12-20(13-15-21)22-18-8-4-16(2)5-9-18/h4-10,12-15,19H,3,11H2,1-2H3. The van der Waals surface area contributed by atoms with E-state index in [0.717, 1.165) is 12.8 Å². The highest BCUT2D eigenvalue weighted by Gasteiger charge is 2.09. The summed E-state index contributed by atoms with van der Waals surface area (Å²) in [6.07, 6.45) is 9.28. The molecule has 1 aliphatic rings. The maximum Gasteiger partial charge on any atom is 0.0312 e. The first-order chi connectivity index (χ1) is 11.2. The largest absolute Gasteiger partial charge is 0.118 e. The van der Waals surface area contributed by atoms with E-state index >= 15 is 0 Å². The van der Waals surface area contributed by atoms with Gasteiger partial charge in [0.15, 0.2) is 0 Å². The molecular formula is C21H22S2. The van der Waals surface area contributed by atoms with Gasteiger partial charge in [0.2, 0.25) is 0 Å². The average Bonchev–Trinajstić information content (AvgIpc) is 2.59. The van der Waals surface area contributed by atoms with Gasteiger partial charge in [-0.05, 0) is 56.2 Å². The molecule has 1 atom stereocenters. The minimum absolute atomic E-state index is 0.570. The fraction of sp³-hybridized carbons (Fsp3) is 0.238. The molecule has 0 N–H and O–H groups in total. The van der Waals surface area contributed by atoms with Crippen LogP contribution in [0.2, 0.25) is 0 Å². The Bertz CT molecular complexity index is 694. The molecule has 0 radical (unpaired) electrons. The zero-order chi connectivity index (χ0) is 16.1. The number of hydrogen-bond acceptors (Lipinski definition) is 2. The highest BCUT2D eigenvalue weighted by molar-refractivity contribution is 8.00. The Hall–Kier alpha value is -1.38. The minimum atomic E-state index is 0.570. The fourth-order valence-electron chi connectivity index (χ4n) is 2.50. The van der Waals surface area contributed by atoms with Gasteiger partial charge < -0.3 is 0 Å². The Balaban J connectivity index is 1.58. The van der Waals surface area contributed by atoms with Crippen LogP contribution >= 0.6 is 23.5 Å². The number of aryl methyl sites for hydroxylation is 1. The molecule has 0 fully saturated rings. The molecule has 0 aliphatic heterocycles. The molecule has 0 heterocycles. The van der Waals surface area contributed by atoms with Crippen LogP contribution in [-0.4, -0.2) is 5.25 Å². The van der Waals surface area contributed by atoms with Crippen LogP contribution in [0.3, 0.4) is 0 Å². The van der Waals surface area contributed by atoms with E-state index in [4.69, 9.17) is 0 Å². The van der Waals surface area contributed by atoms with Gasteiger partial charge in [0, 0.05) is 19.9 Å². The van der Waals surface area contributed by atoms with E-state index in [1.54, 1.807) is 0 Å². The lowest BCUT2D eigenvalue weighted by atomic mass is 10.1. The topological polar surface area (TPSA) is 0 Å². The van der Waals surface area contributed by atoms with Gasteiger partial charge in [-0.3, -0.25) is 0 Å². The number of rotatable bonds is 5. The van der Waals surface area contributed by atoms with Gasteiger partial charge in [-0.1, -0.05) is 60.2 Å². The molecule has 0 amide bonds. The number of allylic oxidation sites excluding steroid dienone is 3. The molecule has 2 aromatic carbocycles. The van der Waals surface area contributed by atoms with Crippen LogP contribution < -0.4 is 0 Å². The third-order valence-corrected chi connectivity index (χ3v) is 6.13. The predicted molar refractivity (Wildman–Crippen MR) is 104 cm³/mol. The molecule has 3 rings (SSSR count). The van der Waals surface area contributed by atoms with E-state index in [2.05, 4.69) is 80.6 Å². The van der Waals surface area contributed by atoms with Gasteiger partial charge in [0.25, 0.3) is 0 Å². The van der Waals surface area contributed by atoms with Crippen LogP contribution in [0.25, 0.3) is 0 Å². The second kappa shape index (κ2) is 7.94. The Kier molecular flexibility index (Phi) is 5.69. The lowest BCUT2D eigenvalue weighted by Gasteiger charge is -2.15. The van der Waals surface area contributed by atoms with E-state index in [9.17, 15) is 0 Å². The monoisotopic (exact) mass is 338 g/mol. The van der Waals surface area contributed by atoms with E-state index in [0.29, 0.717) is 5.25 Å². The quantitative estimate of drug-likeness (QED) is 0.581. The molecule has 0 nitrogen and oxygen atoms in total. The molecule has 2 aromatic rings. The van der Waals surface area contributed by atoms with Crippen molar-refractivity contribution in [2.45, 2.75) is 46.6 Å². The minimum Gasteiger partial charge on any atom is -0.118 e. The molecule has 0 aromatic heterocycles. The summed E-state index contributed by atoms with van der Waals surface area (Å²) in [5, 5.41) is 0.570. The summed E-state index contributed by atoms with van der Waals surface area (Å²) in [6.45, 7) is 4.34. The summed E-state index contributed by atoms with van der Waals surface area (Å²) in [4.78, 5) is 3.94. The van der Waals surface area contributed by atoms with E-state index in [-0.39, 0.29) is 0 Å². The normalized spacial score (nSPS) is 17.1. The molecule has 118 valence electrons. The van der Waals surface area contributed by atoms with Gasteiger partial charge in [-0.25, -0.2) is 0 Å². The van der Waals surface area contributed by atoms with Crippen LogP contribution in [0, 0.1) is 6.92 Å². The SMILES string of the molecule is CCC1=CCC(Sc2ccc(Sc3ccc(C)cc3)cc2)C=C1. The number of thioether (sulfide) groups is 1. The third-order valence-electron chi connectivity index (χ3n) is 3.91. The summed E-state index contributed by atoms with van der Waals surface area (Å²) in [5.41, 5.74) is 2.77. The van der Waals surface area contributed by atoms with Crippen molar-refractivity contribution in [1.82, 2.24) is 0 Å². The molecule has 0 bridgehead atoms. The van der Waals surface area contributed by atoms with E-state index < -0.39 is 0 Å². The zero-order valence-electron chi connectivity index (χ0n) is 13.7. The zero-order valence-corrected chi connectivity index (χ0v) is 15.3. The van der Waals surface area contributed by atoms with Crippen LogP contribution in [0.1, 0.15) is 25.3 Å². The molecule has 0 spiro atoms. The summed E-state index contributed by atoms with van der Waals surface area (Å²) < 4.78 is 0. The van der Waals surface area contributed by atoms with Crippen molar-refractivity contribution in [3.8, 4) is 0 Å². The molecule has 0 saturated carbocycles. The fourth-order valence-corrected chi connectivity index (χ4v) is 4.31. The summed E-state index contributed by atoms with van der Waals surface area (Å²) in [6, 6.07) is 17.7. The summed E-state index contributed by atoms with van der Waals surface area (Å²) in [5.74, 6) is 0. The van der Waals surface area contributed by atoms with Crippen molar-refractivity contribution in [3.63, 3.8) is 0 Å². The molecule has 1 unspecified atom stereocenters. The second-order valence-corrected chi connectivity index (χ2v) is 8.23. The van der Waals surface area contributed by atoms with Crippen molar-refractivity contribution >= 4 is 23.5 Å². The Morgan fingerprint density at radius 1 is 0.913 bits per heavy atom.